The Morgan fingerprint density at radius 1 is 1.07 bits per heavy atom. The van der Waals surface area contributed by atoms with Crippen LogP contribution >= 0.6 is 11.6 Å². The number of benzene rings is 1. The predicted molar refractivity (Wildman–Crippen MR) is 170 cm³/mol. The molecule has 2 saturated heterocycles. The molecule has 0 unspecified atom stereocenters. The SMILES string of the molecule is C[C@H](C(=O)N[C@H](C)c1cccc(N2CCN(C)CC2)n1)N1Cc2ccc(-c3nc(NC4CCOCC4)ncc3Cl)cc2C1=O. The topological polar surface area (TPSA) is 116 Å². The van der Waals surface area contributed by atoms with E-state index in [0.717, 1.165) is 61.7 Å². The van der Waals surface area contributed by atoms with Crippen molar-refractivity contribution in [2.75, 3.05) is 56.7 Å². The Balaban J connectivity index is 1.12. The summed E-state index contributed by atoms with van der Waals surface area (Å²) in [6.45, 7) is 9.26. The quantitative estimate of drug-likeness (QED) is 0.389. The molecule has 0 spiro atoms. The second-order valence-corrected chi connectivity index (χ2v) is 12.3. The molecule has 0 radical (unpaired) electrons. The van der Waals surface area contributed by atoms with Gasteiger partial charge in [-0.3, -0.25) is 9.59 Å². The largest absolute Gasteiger partial charge is 0.381 e. The molecule has 2 fully saturated rings. The van der Waals surface area contributed by atoms with Crippen LogP contribution in [-0.4, -0.2) is 95.1 Å². The molecule has 11 nitrogen and oxygen atoms in total. The van der Waals surface area contributed by atoms with E-state index < -0.39 is 6.04 Å². The van der Waals surface area contributed by atoms with Gasteiger partial charge in [0.2, 0.25) is 11.9 Å². The molecule has 0 saturated carbocycles. The van der Waals surface area contributed by atoms with Crippen LogP contribution in [0.1, 0.15) is 54.3 Å². The molecule has 3 aromatic rings. The number of nitrogens with zero attached hydrogens (tertiary/aromatic N) is 6. The number of piperazine rings is 1. The zero-order valence-electron chi connectivity index (χ0n) is 25.4. The van der Waals surface area contributed by atoms with Crippen LogP contribution in [0.3, 0.4) is 0 Å². The fourth-order valence-corrected chi connectivity index (χ4v) is 6.09. The number of pyridine rings is 1. The first kappa shape index (κ1) is 30.2. The summed E-state index contributed by atoms with van der Waals surface area (Å²) in [5.74, 6) is 0.986. The second-order valence-electron chi connectivity index (χ2n) is 11.8. The Morgan fingerprint density at radius 3 is 2.61 bits per heavy atom. The third-order valence-corrected chi connectivity index (χ3v) is 9.02. The number of fused-ring (bicyclic) bond motifs is 1. The van der Waals surface area contributed by atoms with E-state index in [1.165, 1.54) is 0 Å². The van der Waals surface area contributed by atoms with Crippen LogP contribution in [0.4, 0.5) is 11.8 Å². The van der Waals surface area contributed by atoms with Crippen molar-refractivity contribution in [2.24, 2.45) is 0 Å². The zero-order valence-corrected chi connectivity index (χ0v) is 26.2. The first-order valence-electron chi connectivity index (χ1n) is 15.3. The molecule has 232 valence electrons. The van der Waals surface area contributed by atoms with Crippen LogP contribution in [-0.2, 0) is 16.1 Å². The number of rotatable bonds is 8. The lowest BCUT2D eigenvalue weighted by molar-refractivity contribution is -0.125. The molecule has 12 heteroatoms. The van der Waals surface area contributed by atoms with Crippen molar-refractivity contribution in [3.8, 4) is 11.3 Å². The Morgan fingerprint density at radius 2 is 1.84 bits per heavy atom. The van der Waals surface area contributed by atoms with Crippen molar-refractivity contribution >= 4 is 35.2 Å². The summed E-state index contributed by atoms with van der Waals surface area (Å²) in [6, 6.07) is 10.8. The highest BCUT2D eigenvalue weighted by atomic mass is 35.5. The normalized spacial score (nSPS) is 19.0. The summed E-state index contributed by atoms with van der Waals surface area (Å²) < 4.78 is 5.44. The Bertz CT molecular complexity index is 1520. The number of carbonyl (C=O) groups is 2. The number of halogens is 1. The molecule has 5 heterocycles. The van der Waals surface area contributed by atoms with E-state index in [1.54, 1.807) is 18.0 Å². The van der Waals surface area contributed by atoms with Gasteiger partial charge in [0.15, 0.2) is 0 Å². The van der Waals surface area contributed by atoms with E-state index in [2.05, 4.69) is 37.4 Å². The van der Waals surface area contributed by atoms with Crippen LogP contribution in [0.2, 0.25) is 5.02 Å². The van der Waals surface area contributed by atoms with Crippen molar-refractivity contribution in [3.05, 3.63) is 64.4 Å². The Hall–Kier alpha value is -3.80. The van der Waals surface area contributed by atoms with Crippen LogP contribution in [0.25, 0.3) is 11.3 Å². The fraction of sp³-hybridized carbons (Fsp3) is 0.469. The van der Waals surface area contributed by atoms with E-state index in [9.17, 15) is 9.59 Å². The van der Waals surface area contributed by atoms with Gasteiger partial charge >= 0.3 is 0 Å². The van der Waals surface area contributed by atoms with E-state index in [0.29, 0.717) is 42.0 Å². The number of likely N-dealkylation sites (N-methyl/N-ethyl adjacent to an activating group) is 1. The first-order valence-corrected chi connectivity index (χ1v) is 15.7. The number of ether oxygens (including phenoxy) is 1. The molecular formula is C32H39ClN8O3. The number of amides is 2. The monoisotopic (exact) mass is 618 g/mol. The van der Waals surface area contributed by atoms with Gasteiger partial charge in [0, 0.05) is 63.1 Å². The number of aromatic nitrogens is 3. The number of carbonyl (C=O) groups excluding carboxylic acids is 2. The van der Waals surface area contributed by atoms with Crippen molar-refractivity contribution in [3.63, 3.8) is 0 Å². The molecule has 2 N–H and O–H groups in total. The molecule has 0 aliphatic carbocycles. The van der Waals surface area contributed by atoms with Crippen LogP contribution < -0.4 is 15.5 Å². The summed E-state index contributed by atoms with van der Waals surface area (Å²) in [6.07, 6.45) is 3.35. The van der Waals surface area contributed by atoms with Gasteiger partial charge in [0.25, 0.3) is 5.91 Å². The van der Waals surface area contributed by atoms with Gasteiger partial charge in [0.1, 0.15) is 11.9 Å². The average molecular weight is 619 g/mol. The number of anilines is 2. The van der Waals surface area contributed by atoms with E-state index in [1.807, 2.05) is 43.3 Å². The van der Waals surface area contributed by atoms with Crippen LogP contribution in [0.15, 0.2) is 42.6 Å². The molecule has 3 aliphatic rings. The Kier molecular flexibility index (Phi) is 8.97. The van der Waals surface area contributed by atoms with Crippen molar-refractivity contribution in [2.45, 2.75) is 51.4 Å². The number of hydrogen-bond donors (Lipinski definition) is 2. The lowest BCUT2D eigenvalue weighted by Gasteiger charge is -2.33. The minimum absolute atomic E-state index is 0.196. The van der Waals surface area contributed by atoms with Gasteiger partial charge < -0.3 is 30.1 Å². The lowest BCUT2D eigenvalue weighted by atomic mass is 10.0. The molecule has 2 amide bonds. The van der Waals surface area contributed by atoms with Crippen molar-refractivity contribution in [1.29, 1.82) is 0 Å². The van der Waals surface area contributed by atoms with Gasteiger partial charge in [-0.25, -0.2) is 15.0 Å². The average Bonchev–Trinajstić information content (AvgIpc) is 3.37. The van der Waals surface area contributed by atoms with Gasteiger partial charge in [0.05, 0.1) is 28.6 Å². The molecule has 2 aromatic heterocycles. The summed E-state index contributed by atoms with van der Waals surface area (Å²) in [5.41, 5.74) is 3.47. The van der Waals surface area contributed by atoms with Crippen molar-refractivity contribution in [1.82, 2.24) is 30.1 Å². The lowest BCUT2D eigenvalue weighted by Crippen LogP contribution is -2.46. The molecule has 44 heavy (non-hydrogen) atoms. The highest BCUT2D eigenvalue weighted by Crippen LogP contribution is 2.32. The van der Waals surface area contributed by atoms with E-state index in [-0.39, 0.29) is 23.9 Å². The molecule has 1 aromatic carbocycles. The minimum Gasteiger partial charge on any atom is -0.381 e. The highest BCUT2D eigenvalue weighted by Gasteiger charge is 2.35. The summed E-state index contributed by atoms with van der Waals surface area (Å²) in [4.78, 5) is 47.0. The number of nitrogens with one attached hydrogen (secondary N) is 2. The van der Waals surface area contributed by atoms with E-state index >= 15 is 0 Å². The summed E-state index contributed by atoms with van der Waals surface area (Å²) in [5, 5.41) is 6.84. The van der Waals surface area contributed by atoms with Gasteiger partial charge in [-0.05, 0) is 57.5 Å². The van der Waals surface area contributed by atoms with Crippen LogP contribution in [0, 0.1) is 0 Å². The minimum atomic E-state index is -0.667. The third-order valence-electron chi connectivity index (χ3n) is 8.75. The zero-order chi connectivity index (χ0) is 30.8. The second kappa shape index (κ2) is 13.1. The summed E-state index contributed by atoms with van der Waals surface area (Å²) in [7, 11) is 2.12. The molecule has 0 bridgehead atoms. The summed E-state index contributed by atoms with van der Waals surface area (Å²) >= 11 is 6.51. The standard InChI is InChI=1S/C32H39ClN8O3/c1-20(27-5-4-6-28(37-27)40-13-11-39(3)12-14-40)35-30(42)21(2)41-19-23-8-7-22(17-25(23)31(41)43)29-26(33)18-34-32(38-29)36-24-9-15-44-16-10-24/h4-8,17-18,20-21,24H,9-16,19H2,1-3H3,(H,35,42)(H,34,36,38)/t20-,21-/m1/s1. The van der Waals surface area contributed by atoms with Gasteiger partial charge in [-0.2, -0.15) is 0 Å². The third kappa shape index (κ3) is 6.50. The maximum absolute atomic E-state index is 13.6. The first-order chi connectivity index (χ1) is 21.3. The van der Waals surface area contributed by atoms with Gasteiger partial charge in [-0.15, -0.1) is 0 Å². The molecular weight excluding hydrogens is 580 g/mol. The maximum atomic E-state index is 13.6. The molecule has 3 aliphatic heterocycles. The number of hydrogen-bond acceptors (Lipinski definition) is 9. The van der Waals surface area contributed by atoms with Crippen molar-refractivity contribution < 1.29 is 14.3 Å². The molecule has 6 rings (SSSR count). The van der Waals surface area contributed by atoms with Crippen LogP contribution in [0.5, 0.6) is 0 Å². The molecule has 2 atom stereocenters. The van der Waals surface area contributed by atoms with E-state index in [4.69, 9.17) is 21.3 Å². The highest BCUT2D eigenvalue weighted by molar-refractivity contribution is 6.33. The fourth-order valence-electron chi connectivity index (χ4n) is 5.89. The maximum Gasteiger partial charge on any atom is 0.255 e. The smallest absolute Gasteiger partial charge is 0.255 e. The Labute approximate surface area is 263 Å². The predicted octanol–water partition coefficient (Wildman–Crippen LogP) is 3.76. The van der Waals surface area contributed by atoms with Gasteiger partial charge in [-0.1, -0.05) is 29.8 Å².